The standard InChI is InChI=1S/C20H19N5O/c1-2-25-11-9-14-12-17(6-7-18(14)25)26-19-8-10-22-20(24-19)23-16-5-3-4-15(21)13-16/h3-13H,2,21H2,1H3,(H,22,23,24). The van der Waals surface area contributed by atoms with E-state index in [-0.39, 0.29) is 0 Å². The van der Waals surface area contributed by atoms with E-state index >= 15 is 0 Å². The highest BCUT2D eigenvalue weighted by Crippen LogP contribution is 2.26. The number of aromatic nitrogens is 3. The Morgan fingerprint density at radius 2 is 2.04 bits per heavy atom. The first-order chi connectivity index (χ1) is 12.7. The average molecular weight is 345 g/mol. The molecule has 3 N–H and O–H groups in total. The molecule has 0 saturated heterocycles. The Bertz CT molecular complexity index is 1060. The average Bonchev–Trinajstić information content (AvgIpc) is 3.04. The minimum Gasteiger partial charge on any atom is -0.439 e. The van der Waals surface area contributed by atoms with Crippen LogP contribution in [0.5, 0.6) is 11.6 Å². The molecule has 6 heteroatoms. The number of anilines is 3. The lowest BCUT2D eigenvalue weighted by atomic mass is 10.2. The van der Waals surface area contributed by atoms with Crippen molar-refractivity contribution >= 4 is 28.2 Å². The lowest BCUT2D eigenvalue weighted by Crippen LogP contribution is -1.99. The summed E-state index contributed by atoms with van der Waals surface area (Å²) in [7, 11) is 0. The number of hydrogen-bond donors (Lipinski definition) is 2. The fraction of sp³-hybridized carbons (Fsp3) is 0.100. The van der Waals surface area contributed by atoms with Crippen molar-refractivity contribution in [1.82, 2.24) is 14.5 Å². The Hall–Kier alpha value is -3.54. The van der Waals surface area contributed by atoms with Gasteiger partial charge in [-0.25, -0.2) is 4.98 Å². The van der Waals surface area contributed by atoms with E-state index in [1.165, 1.54) is 5.52 Å². The predicted octanol–water partition coefficient (Wildman–Crippen LogP) is 4.57. The van der Waals surface area contributed by atoms with Crippen LogP contribution in [0.1, 0.15) is 6.92 Å². The molecule has 2 aromatic heterocycles. The molecule has 0 aliphatic heterocycles. The first kappa shape index (κ1) is 16.0. The summed E-state index contributed by atoms with van der Waals surface area (Å²) in [6, 6.07) is 17.2. The van der Waals surface area contributed by atoms with E-state index in [9.17, 15) is 0 Å². The van der Waals surface area contributed by atoms with E-state index in [0.717, 1.165) is 23.4 Å². The third kappa shape index (κ3) is 3.30. The zero-order valence-corrected chi connectivity index (χ0v) is 14.4. The summed E-state index contributed by atoms with van der Waals surface area (Å²) in [5.74, 6) is 1.66. The number of aryl methyl sites for hydroxylation is 1. The van der Waals surface area contributed by atoms with E-state index in [0.29, 0.717) is 17.5 Å². The molecule has 130 valence electrons. The number of nitrogens with zero attached hydrogens (tertiary/aromatic N) is 3. The molecular weight excluding hydrogens is 326 g/mol. The van der Waals surface area contributed by atoms with Crippen LogP contribution in [0.15, 0.2) is 67.0 Å². The van der Waals surface area contributed by atoms with Crippen LogP contribution in [0, 0.1) is 0 Å². The van der Waals surface area contributed by atoms with Crippen LogP contribution < -0.4 is 15.8 Å². The molecule has 2 heterocycles. The van der Waals surface area contributed by atoms with Crippen molar-refractivity contribution in [2.75, 3.05) is 11.1 Å². The number of nitrogens with one attached hydrogen (secondary N) is 1. The lowest BCUT2D eigenvalue weighted by molar-refractivity contribution is 0.463. The smallest absolute Gasteiger partial charge is 0.230 e. The summed E-state index contributed by atoms with van der Waals surface area (Å²) in [5, 5.41) is 4.26. The molecule has 26 heavy (non-hydrogen) atoms. The molecule has 0 spiro atoms. The van der Waals surface area contributed by atoms with Gasteiger partial charge < -0.3 is 20.4 Å². The predicted molar refractivity (Wildman–Crippen MR) is 104 cm³/mol. The third-order valence-corrected chi connectivity index (χ3v) is 4.08. The molecule has 4 rings (SSSR count). The van der Waals surface area contributed by atoms with Crippen LogP contribution in [0.4, 0.5) is 17.3 Å². The van der Waals surface area contributed by atoms with Crippen LogP contribution in [0.2, 0.25) is 0 Å². The molecule has 0 saturated carbocycles. The van der Waals surface area contributed by atoms with Gasteiger partial charge in [0.2, 0.25) is 11.8 Å². The van der Waals surface area contributed by atoms with E-state index in [1.54, 1.807) is 12.3 Å². The number of hydrogen-bond acceptors (Lipinski definition) is 5. The summed E-state index contributed by atoms with van der Waals surface area (Å²) in [6.45, 7) is 3.06. The number of benzene rings is 2. The van der Waals surface area contributed by atoms with Crippen LogP contribution >= 0.6 is 0 Å². The van der Waals surface area contributed by atoms with E-state index in [1.807, 2.05) is 36.4 Å². The summed E-state index contributed by atoms with van der Waals surface area (Å²) < 4.78 is 8.10. The molecule has 0 bridgehead atoms. The molecule has 0 atom stereocenters. The Labute approximate surface area is 151 Å². The molecular formula is C20H19N5O. The number of rotatable bonds is 5. The number of fused-ring (bicyclic) bond motifs is 1. The molecule has 4 aromatic rings. The highest BCUT2D eigenvalue weighted by Gasteiger charge is 2.05. The second-order valence-electron chi connectivity index (χ2n) is 5.89. The third-order valence-electron chi connectivity index (χ3n) is 4.08. The van der Waals surface area contributed by atoms with Gasteiger partial charge in [0.1, 0.15) is 5.75 Å². The zero-order chi connectivity index (χ0) is 17.9. The summed E-state index contributed by atoms with van der Waals surface area (Å²) >= 11 is 0. The molecule has 0 amide bonds. The quantitative estimate of drug-likeness (QED) is 0.518. The number of nitrogen functional groups attached to an aromatic ring is 1. The minimum atomic E-state index is 0.450. The van der Waals surface area contributed by atoms with Gasteiger partial charge in [-0.05, 0) is 49.4 Å². The molecule has 0 aliphatic carbocycles. The lowest BCUT2D eigenvalue weighted by Gasteiger charge is -2.08. The van der Waals surface area contributed by atoms with Crippen molar-refractivity contribution in [3.63, 3.8) is 0 Å². The largest absolute Gasteiger partial charge is 0.439 e. The van der Waals surface area contributed by atoms with Crippen LogP contribution in [0.3, 0.4) is 0 Å². The normalized spacial score (nSPS) is 10.8. The first-order valence-corrected chi connectivity index (χ1v) is 8.43. The SMILES string of the molecule is CCn1ccc2cc(Oc3ccnc(Nc4cccc(N)c4)n3)ccc21. The van der Waals surface area contributed by atoms with Crippen molar-refractivity contribution in [1.29, 1.82) is 0 Å². The fourth-order valence-electron chi connectivity index (χ4n) is 2.84. The Kier molecular flexibility index (Phi) is 4.15. The van der Waals surface area contributed by atoms with Crippen LogP contribution in [0.25, 0.3) is 10.9 Å². The van der Waals surface area contributed by atoms with Gasteiger partial charge in [-0.15, -0.1) is 0 Å². The minimum absolute atomic E-state index is 0.450. The Morgan fingerprint density at radius 1 is 1.12 bits per heavy atom. The van der Waals surface area contributed by atoms with Crippen molar-refractivity contribution in [3.8, 4) is 11.6 Å². The highest BCUT2D eigenvalue weighted by molar-refractivity contribution is 5.81. The molecule has 0 unspecified atom stereocenters. The summed E-state index contributed by atoms with van der Waals surface area (Å²) in [5.41, 5.74) is 8.48. The molecule has 0 radical (unpaired) electrons. The zero-order valence-electron chi connectivity index (χ0n) is 14.4. The van der Waals surface area contributed by atoms with Gasteiger partial charge in [0, 0.05) is 47.3 Å². The topological polar surface area (TPSA) is 78.0 Å². The van der Waals surface area contributed by atoms with Crippen LogP contribution in [-0.4, -0.2) is 14.5 Å². The fourth-order valence-corrected chi connectivity index (χ4v) is 2.84. The number of ether oxygens (including phenoxy) is 1. The van der Waals surface area contributed by atoms with Crippen molar-refractivity contribution in [2.45, 2.75) is 13.5 Å². The molecule has 2 aromatic carbocycles. The van der Waals surface area contributed by atoms with Crippen molar-refractivity contribution in [2.24, 2.45) is 0 Å². The van der Waals surface area contributed by atoms with Crippen molar-refractivity contribution < 1.29 is 4.74 Å². The molecule has 0 aliphatic rings. The van der Waals surface area contributed by atoms with Gasteiger partial charge in [-0.2, -0.15) is 4.98 Å². The molecule has 6 nitrogen and oxygen atoms in total. The monoisotopic (exact) mass is 345 g/mol. The van der Waals surface area contributed by atoms with Crippen LogP contribution in [-0.2, 0) is 6.54 Å². The van der Waals surface area contributed by atoms with E-state index in [4.69, 9.17) is 10.5 Å². The van der Waals surface area contributed by atoms with E-state index in [2.05, 4.69) is 45.1 Å². The van der Waals surface area contributed by atoms with Crippen molar-refractivity contribution in [3.05, 3.63) is 67.0 Å². The second kappa shape index (κ2) is 6.76. The maximum atomic E-state index is 5.91. The van der Waals surface area contributed by atoms with Gasteiger partial charge in [0.25, 0.3) is 0 Å². The Balaban J connectivity index is 1.55. The Morgan fingerprint density at radius 3 is 2.88 bits per heavy atom. The molecule has 0 fully saturated rings. The van der Waals surface area contributed by atoms with Gasteiger partial charge in [-0.3, -0.25) is 0 Å². The van der Waals surface area contributed by atoms with Gasteiger partial charge in [0.15, 0.2) is 0 Å². The number of nitrogens with two attached hydrogens (primary N) is 1. The van der Waals surface area contributed by atoms with E-state index < -0.39 is 0 Å². The maximum absolute atomic E-state index is 5.91. The summed E-state index contributed by atoms with van der Waals surface area (Å²) in [6.07, 6.45) is 3.73. The second-order valence-corrected chi connectivity index (χ2v) is 5.89. The maximum Gasteiger partial charge on any atom is 0.230 e. The summed E-state index contributed by atoms with van der Waals surface area (Å²) in [4.78, 5) is 8.63. The van der Waals surface area contributed by atoms with Gasteiger partial charge >= 0.3 is 0 Å². The highest BCUT2D eigenvalue weighted by atomic mass is 16.5. The van der Waals surface area contributed by atoms with Gasteiger partial charge in [0.05, 0.1) is 0 Å². The first-order valence-electron chi connectivity index (χ1n) is 8.43. The van der Waals surface area contributed by atoms with Gasteiger partial charge in [-0.1, -0.05) is 6.07 Å².